The van der Waals surface area contributed by atoms with Gasteiger partial charge in [0.1, 0.15) is 0 Å². The van der Waals surface area contributed by atoms with Crippen molar-refractivity contribution in [1.29, 1.82) is 0 Å². The normalized spacial score (nSPS) is 26.6. The summed E-state index contributed by atoms with van der Waals surface area (Å²) in [5.41, 5.74) is 0. The van der Waals surface area contributed by atoms with E-state index in [9.17, 15) is 13.2 Å². The van der Waals surface area contributed by atoms with Crippen LogP contribution in [-0.4, -0.2) is 33.1 Å². The molecule has 6 nitrogen and oxygen atoms in total. The zero-order chi connectivity index (χ0) is 12.2. The molecule has 16 heavy (non-hydrogen) atoms. The van der Waals surface area contributed by atoms with E-state index in [1.54, 1.807) is 0 Å². The molecule has 0 amide bonds. The summed E-state index contributed by atoms with van der Waals surface area (Å²) in [6, 6.07) is 0. The molecule has 0 bridgehead atoms. The molecule has 7 heteroatoms. The second kappa shape index (κ2) is 5.60. The summed E-state index contributed by atoms with van der Waals surface area (Å²) in [6.07, 6.45) is 2.81. The van der Waals surface area contributed by atoms with Gasteiger partial charge in [0.2, 0.25) is 0 Å². The van der Waals surface area contributed by atoms with Gasteiger partial charge in [-0.3, -0.25) is 4.79 Å². The topological polar surface area (TPSA) is 95.5 Å². The predicted octanol–water partition coefficient (Wildman–Crippen LogP) is -0.0688. The van der Waals surface area contributed by atoms with Crippen LogP contribution >= 0.6 is 0 Å². The number of hydrogen-bond acceptors (Lipinski definition) is 3. The Balaban J connectivity index is 2.30. The highest BCUT2D eigenvalue weighted by atomic mass is 32.2. The lowest BCUT2D eigenvalue weighted by atomic mass is 9.82. The van der Waals surface area contributed by atoms with Gasteiger partial charge in [-0.05, 0) is 31.6 Å². The monoisotopic (exact) mass is 250 g/mol. The van der Waals surface area contributed by atoms with Crippen molar-refractivity contribution in [2.24, 2.45) is 11.8 Å². The molecule has 0 atom stereocenters. The minimum atomic E-state index is -3.37. The molecule has 1 fully saturated rings. The Bertz CT molecular complexity index is 333. The Kier molecular flexibility index (Phi) is 4.69. The van der Waals surface area contributed by atoms with Crippen LogP contribution in [0.3, 0.4) is 0 Å². The zero-order valence-electron chi connectivity index (χ0n) is 9.27. The maximum atomic E-state index is 11.1. The van der Waals surface area contributed by atoms with E-state index in [4.69, 9.17) is 5.11 Å². The van der Waals surface area contributed by atoms with Crippen molar-refractivity contribution in [1.82, 2.24) is 9.44 Å². The predicted molar refractivity (Wildman–Crippen MR) is 59.1 cm³/mol. The van der Waals surface area contributed by atoms with Crippen LogP contribution in [0, 0.1) is 11.8 Å². The van der Waals surface area contributed by atoms with E-state index in [2.05, 4.69) is 9.44 Å². The van der Waals surface area contributed by atoms with Crippen LogP contribution in [0.2, 0.25) is 0 Å². The van der Waals surface area contributed by atoms with Crippen molar-refractivity contribution < 1.29 is 18.3 Å². The van der Waals surface area contributed by atoms with Crippen molar-refractivity contribution in [2.45, 2.75) is 25.7 Å². The van der Waals surface area contributed by atoms with E-state index >= 15 is 0 Å². The molecule has 0 spiro atoms. The minimum absolute atomic E-state index is 0.249. The lowest BCUT2D eigenvalue weighted by Crippen LogP contribution is -2.38. The molecule has 0 radical (unpaired) electrons. The maximum absolute atomic E-state index is 11.1. The molecule has 1 saturated carbocycles. The lowest BCUT2D eigenvalue weighted by molar-refractivity contribution is -0.143. The van der Waals surface area contributed by atoms with Gasteiger partial charge < -0.3 is 5.11 Å². The van der Waals surface area contributed by atoms with Crippen LogP contribution in [0.15, 0.2) is 0 Å². The highest BCUT2D eigenvalue weighted by molar-refractivity contribution is 7.87. The zero-order valence-corrected chi connectivity index (χ0v) is 10.1. The second-order valence-corrected chi connectivity index (χ2v) is 5.82. The van der Waals surface area contributed by atoms with Crippen molar-refractivity contribution in [3.63, 3.8) is 0 Å². The van der Waals surface area contributed by atoms with Gasteiger partial charge in [0.05, 0.1) is 5.92 Å². The number of carboxylic acid groups (broad SMARTS) is 1. The first-order valence-electron chi connectivity index (χ1n) is 5.35. The summed E-state index contributed by atoms with van der Waals surface area (Å²) in [7, 11) is -2.01. The largest absolute Gasteiger partial charge is 0.481 e. The number of nitrogens with one attached hydrogen (secondary N) is 2. The third-order valence-corrected chi connectivity index (χ3v) is 4.11. The maximum Gasteiger partial charge on any atom is 0.306 e. The molecule has 1 aliphatic carbocycles. The fraction of sp³-hybridized carbons (Fsp3) is 0.889. The van der Waals surface area contributed by atoms with E-state index in [1.807, 2.05) is 0 Å². The lowest BCUT2D eigenvalue weighted by Gasteiger charge is -2.25. The van der Waals surface area contributed by atoms with Crippen LogP contribution in [0.25, 0.3) is 0 Å². The fourth-order valence-electron chi connectivity index (χ4n) is 1.91. The first kappa shape index (κ1) is 13.4. The van der Waals surface area contributed by atoms with Crippen molar-refractivity contribution in [2.75, 3.05) is 13.6 Å². The SMILES string of the molecule is CNS(=O)(=O)NCC1CCC(C(=O)O)CC1. The molecule has 0 unspecified atom stereocenters. The quantitative estimate of drug-likeness (QED) is 0.636. The minimum Gasteiger partial charge on any atom is -0.481 e. The molecule has 3 N–H and O–H groups in total. The summed E-state index contributed by atoms with van der Waals surface area (Å²) in [5, 5.41) is 8.80. The van der Waals surface area contributed by atoms with E-state index in [0.29, 0.717) is 19.4 Å². The first-order valence-corrected chi connectivity index (χ1v) is 6.84. The van der Waals surface area contributed by atoms with E-state index < -0.39 is 16.2 Å². The molecule has 94 valence electrons. The van der Waals surface area contributed by atoms with Gasteiger partial charge in [0, 0.05) is 13.6 Å². The number of carbonyl (C=O) groups is 1. The number of aliphatic carboxylic acids is 1. The second-order valence-electron chi connectivity index (χ2n) is 4.11. The van der Waals surface area contributed by atoms with Crippen LogP contribution in [0.1, 0.15) is 25.7 Å². The van der Waals surface area contributed by atoms with Gasteiger partial charge in [-0.2, -0.15) is 8.42 Å². The molecule has 0 aromatic carbocycles. The van der Waals surface area contributed by atoms with Gasteiger partial charge in [-0.15, -0.1) is 0 Å². The van der Waals surface area contributed by atoms with Crippen molar-refractivity contribution >= 4 is 16.2 Å². The average molecular weight is 250 g/mol. The Morgan fingerprint density at radius 3 is 2.31 bits per heavy atom. The fourth-order valence-corrected chi connectivity index (χ4v) is 2.51. The summed E-state index contributed by atoms with van der Waals surface area (Å²) >= 11 is 0. The van der Waals surface area contributed by atoms with E-state index in [0.717, 1.165) is 12.8 Å². The summed E-state index contributed by atoms with van der Waals surface area (Å²) < 4.78 is 26.8. The van der Waals surface area contributed by atoms with Crippen LogP contribution in [0.4, 0.5) is 0 Å². The van der Waals surface area contributed by atoms with Gasteiger partial charge in [-0.1, -0.05) is 0 Å². The highest BCUT2D eigenvalue weighted by Gasteiger charge is 2.26. The smallest absolute Gasteiger partial charge is 0.306 e. The summed E-state index contributed by atoms with van der Waals surface area (Å²) in [6.45, 7) is 0.384. The molecule has 0 heterocycles. The van der Waals surface area contributed by atoms with Crippen LogP contribution in [-0.2, 0) is 15.0 Å². The third-order valence-electron chi connectivity index (χ3n) is 3.03. The number of carboxylic acids is 1. The summed E-state index contributed by atoms with van der Waals surface area (Å²) in [4.78, 5) is 10.7. The number of hydrogen-bond donors (Lipinski definition) is 3. The van der Waals surface area contributed by atoms with Crippen LogP contribution in [0.5, 0.6) is 0 Å². The number of rotatable bonds is 5. The standard InChI is InChI=1S/C9H18N2O4S/c1-10-16(14,15)11-6-7-2-4-8(5-3-7)9(12)13/h7-8,10-11H,2-6H2,1H3,(H,12,13). The van der Waals surface area contributed by atoms with Crippen LogP contribution < -0.4 is 9.44 Å². The van der Waals surface area contributed by atoms with Gasteiger partial charge in [0.25, 0.3) is 10.2 Å². The Morgan fingerprint density at radius 2 is 1.88 bits per heavy atom. The average Bonchev–Trinajstić information content (AvgIpc) is 2.27. The molecule has 0 aromatic heterocycles. The Morgan fingerprint density at radius 1 is 1.31 bits per heavy atom. The van der Waals surface area contributed by atoms with E-state index in [-0.39, 0.29) is 11.8 Å². The van der Waals surface area contributed by atoms with Crippen molar-refractivity contribution in [3.05, 3.63) is 0 Å². The first-order chi connectivity index (χ1) is 7.44. The van der Waals surface area contributed by atoms with Gasteiger partial charge in [0.15, 0.2) is 0 Å². The highest BCUT2D eigenvalue weighted by Crippen LogP contribution is 2.28. The van der Waals surface area contributed by atoms with Gasteiger partial charge in [-0.25, -0.2) is 9.44 Å². The third kappa shape index (κ3) is 4.07. The molecular formula is C9H18N2O4S. The molecule has 0 aromatic rings. The Labute approximate surface area is 95.6 Å². The molecule has 0 aliphatic heterocycles. The van der Waals surface area contributed by atoms with Gasteiger partial charge >= 0.3 is 5.97 Å². The summed E-state index contributed by atoms with van der Waals surface area (Å²) in [5.74, 6) is -0.745. The Hall–Kier alpha value is -0.660. The van der Waals surface area contributed by atoms with E-state index in [1.165, 1.54) is 7.05 Å². The van der Waals surface area contributed by atoms with Crippen molar-refractivity contribution in [3.8, 4) is 0 Å². The molecule has 1 aliphatic rings. The molecule has 1 rings (SSSR count). The molecular weight excluding hydrogens is 232 g/mol. The molecule has 0 saturated heterocycles.